The molecule has 0 saturated heterocycles. The van der Waals surface area contributed by atoms with Crippen molar-refractivity contribution in [2.75, 3.05) is 0 Å². The molecule has 0 aliphatic rings. The van der Waals surface area contributed by atoms with Crippen LogP contribution >= 0.6 is 0 Å². The highest BCUT2D eigenvalue weighted by Gasteiger charge is 2.19. The Balaban J connectivity index is 2.45. The third kappa shape index (κ3) is 5.07. The van der Waals surface area contributed by atoms with Crippen molar-refractivity contribution in [2.45, 2.75) is 65.6 Å². The molecule has 1 aromatic rings. The van der Waals surface area contributed by atoms with Crippen LogP contribution < -0.4 is 10.6 Å². The molecule has 1 heterocycles. The van der Waals surface area contributed by atoms with Crippen molar-refractivity contribution in [1.82, 2.24) is 10.6 Å². The van der Waals surface area contributed by atoms with E-state index in [2.05, 4.69) is 17.6 Å². The molecule has 108 valence electrons. The van der Waals surface area contributed by atoms with Gasteiger partial charge in [0.25, 0.3) is 0 Å². The second-order valence-corrected chi connectivity index (χ2v) is 5.26. The summed E-state index contributed by atoms with van der Waals surface area (Å²) in [6, 6.07) is 3.89. The maximum Gasteiger partial charge on any atom is 0.237 e. The van der Waals surface area contributed by atoms with Crippen molar-refractivity contribution in [2.24, 2.45) is 0 Å². The fraction of sp³-hybridized carbons (Fsp3) is 0.667. The average molecular weight is 266 g/mol. The van der Waals surface area contributed by atoms with E-state index in [-0.39, 0.29) is 24.0 Å². The maximum atomic E-state index is 12.0. The molecule has 0 aliphatic carbocycles. The molecule has 4 heteroatoms. The first-order chi connectivity index (χ1) is 8.93. The highest BCUT2D eigenvalue weighted by Crippen LogP contribution is 2.16. The van der Waals surface area contributed by atoms with E-state index in [1.54, 1.807) is 0 Å². The van der Waals surface area contributed by atoms with E-state index in [0.717, 1.165) is 24.4 Å². The van der Waals surface area contributed by atoms with Crippen LogP contribution in [-0.2, 0) is 4.79 Å². The van der Waals surface area contributed by atoms with Crippen molar-refractivity contribution in [3.05, 3.63) is 23.7 Å². The lowest BCUT2D eigenvalue weighted by Crippen LogP contribution is -2.46. The third-order valence-electron chi connectivity index (χ3n) is 3.19. The number of hydrogen-bond donors (Lipinski definition) is 2. The molecule has 0 spiro atoms. The van der Waals surface area contributed by atoms with Gasteiger partial charge in [-0.2, -0.15) is 0 Å². The second-order valence-electron chi connectivity index (χ2n) is 5.26. The van der Waals surface area contributed by atoms with Crippen molar-refractivity contribution < 1.29 is 9.21 Å². The summed E-state index contributed by atoms with van der Waals surface area (Å²) in [5.41, 5.74) is 0. The number of hydrogen-bond acceptors (Lipinski definition) is 3. The number of nitrogens with one attached hydrogen (secondary N) is 2. The molecule has 0 saturated carbocycles. The van der Waals surface area contributed by atoms with Gasteiger partial charge in [-0.1, -0.05) is 13.3 Å². The minimum atomic E-state index is -0.236. The van der Waals surface area contributed by atoms with Gasteiger partial charge in [0.05, 0.1) is 12.1 Å². The zero-order chi connectivity index (χ0) is 14.4. The summed E-state index contributed by atoms with van der Waals surface area (Å²) in [5.74, 6) is 1.78. The summed E-state index contributed by atoms with van der Waals surface area (Å²) in [6.45, 7) is 9.94. The Morgan fingerprint density at radius 1 is 1.32 bits per heavy atom. The fourth-order valence-electron chi connectivity index (χ4n) is 2.09. The van der Waals surface area contributed by atoms with Crippen LogP contribution in [0.1, 0.15) is 58.1 Å². The lowest BCUT2D eigenvalue weighted by Gasteiger charge is -2.20. The van der Waals surface area contributed by atoms with E-state index >= 15 is 0 Å². The normalized spacial score (nSPS) is 15.8. The number of rotatable bonds is 7. The minimum Gasteiger partial charge on any atom is -0.465 e. The van der Waals surface area contributed by atoms with Crippen LogP contribution in [0, 0.1) is 6.92 Å². The predicted octanol–water partition coefficient (Wildman–Crippen LogP) is 2.93. The first-order valence-electron chi connectivity index (χ1n) is 7.06. The molecule has 3 unspecified atom stereocenters. The predicted molar refractivity (Wildman–Crippen MR) is 77.0 cm³/mol. The van der Waals surface area contributed by atoms with Crippen LogP contribution in [0.5, 0.6) is 0 Å². The second kappa shape index (κ2) is 7.34. The lowest BCUT2D eigenvalue weighted by atomic mass is 10.1. The van der Waals surface area contributed by atoms with Crippen LogP contribution in [0.2, 0.25) is 0 Å². The molecule has 0 aliphatic heterocycles. The number of amides is 1. The van der Waals surface area contributed by atoms with Crippen LogP contribution in [0.4, 0.5) is 0 Å². The molecule has 2 N–H and O–H groups in total. The Hall–Kier alpha value is -1.29. The van der Waals surface area contributed by atoms with Crippen molar-refractivity contribution >= 4 is 5.91 Å². The molecule has 1 rings (SSSR count). The minimum absolute atomic E-state index is 0.0240. The van der Waals surface area contributed by atoms with E-state index in [0.29, 0.717) is 0 Å². The van der Waals surface area contributed by atoms with E-state index in [4.69, 9.17) is 4.42 Å². The number of carbonyl (C=O) groups excluding carboxylic acids is 1. The number of carbonyl (C=O) groups is 1. The van der Waals surface area contributed by atoms with Crippen LogP contribution in [0.15, 0.2) is 16.5 Å². The molecule has 0 aromatic carbocycles. The Morgan fingerprint density at radius 3 is 2.53 bits per heavy atom. The fourth-order valence-corrected chi connectivity index (χ4v) is 2.09. The largest absolute Gasteiger partial charge is 0.465 e. The summed E-state index contributed by atoms with van der Waals surface area (Å²) < 4.78 is 5.55. The smallest absolute Gasteiger partial charge is 0.237 e. The van der Waals surface area contributed by atoms with Gasteiger partial charge in [-0.05, 0) is 46.2 Å². The molecule has 4 nitrogen and oxygen atoms in total. The highest BCUT2D eigenvalue weighted by molar-refractivity contribution is 5.81. The van der Waals surface area contributed by atoms with Crippen molar-refractivity contribution in [3.8, 4) is 0 Å². The lowest BCUT2D eigenvalue weighted by molar-refractivity contribution is -0.123. The molecular formula is C15H26N2O2. The monoisotopic (exact) mass is 266 g/mol. The van der Waals surface area contributed by atoms with Gasteiger partial charge in [0, 0.05) is 6.04 Å². The van der Waals surface area contributed by atoms with E-state index in [9.17, 15) is 4.79 Å². The van der Waals surface area contributed by atoms with E-state index in [1.165, 1.54) is 0 Å². The van der Waals surface area contributed by atoms with Crippen LogP contribution in [0.3, 0.4) is 0 Å². The van der Waals surface area contributed by atoms with Gasteiger partial charge < -0.3 is 9.73 Å². The highest BCUT2D eigenvalue weighted by atomic mass is 16.3. The zero-order valence-electron chi connectivity index (χ0n) is 12.6. The van der Waals surface area contributed by atoms with Gasteiger partial charge in [-0.3, -0.25) is 10.1 Å². The molecule has 0 radical (unpaired) electrons. The Morgan fingerprint density at radius 2 is 2.00 bits per heavy atom. The third-order valence-corrected chi connectivity index (χ3v) is 3.19. The standard InChI is InChI=1S/C15H26N2O2/c1-6-7-10(2)16-15(18)13(5)17-12(4)14-9-8-11(3)19-14/h8-10,12-13,17H,6-7H2,1-5H3,(H,16,18). The molecule has 1 amide bonds. The molecular weight excluding hydrogens is 240 g/mol. The molecule has 1 aromatic heterocycles. The summed E-state index contributed by atoms with van der Waals surface area (Å²) in [6.07, 6.45) is 2.08. The summed E-state index contributed by atoms with van der Waals surface area (Å²) in [7, 11) is 0. The quantitative estimate of drug-likeness (QED) is 0.798. The van der Waals surface area contributed by atoms with Crippen LogP contribution in [0.25, 0.3) is 0 Å². The molecule has 19 heavy (non-hydrogen) atoms. The van der Waals surface area contributed by atoms with Crippen LogP contribution in [-0.4, -0.2) is 18.0 Å². The van der Waals surface area contributed by atoms with Gasteiger partial charge in [-0.15, -0.1) is 0 Å². The molecule has 0 fully saturated rings. The topological polar surface area (TPSA) is 54.3 Å². The summed E-state index contributed by atoms with van der Waals surface area (Å²) in [4.78, 5) is 12.0. The SMILES string of the molecule is CCCC(C)NC(=O)C(C)NC(C)c1ccc(C)o1. The summed E-state index contributed by atoms with van der Waals surface area (Å²) >= 11 is 0. The van der Waals surface area contributed by atoms with E-state index < -0.39 is 0 Å². The van der Waals surface area contributed by atoms with Gasteiger partial charge in [0.15, 0.2) is 0 Å². The number of aryl methyl sites for hydroxylation is 1. The Kier molecular flexibility index (Phi) is 6.09. The van der Waals surface area contributed by atoms with Gasteiger partial charge in [-0.25, -0.2) is 0 Å². The first kappa shape index (κ1) is 15.8. The van der Waals surface area contributed by atoms with Gasteiger partial charge >= 0.3 is 0 Å². The van der Waals surface area contributed by atoms with Crippen molar-refractivity contribution in [3.63, 3.8) is 0 Å². The zero-order valence-corrected chi connectivity index (χ0v) is 12.6. The molecule has 3 atom stereocenters. The van der Waals surface area contributed by atoms with Gasteiger partial charge in [0.2, 0.25) is 5.91 Å². The average Bonchev–Trinajstić information content (AvgIpc) is 2.76. The first-order valence-corrected chi connectivity index (χ1v) is 7.06. The van der Waals surface area contributed by atoms with Gasteiger partial charge in [0.1, 0.15) is 11.5 Å². The van der Waals surface area contributed by atoms with E-state index in [1.807, 2.05) is 39.8 Å². The Bertz CT molecular complexity index is 401. The molecule has 0 bridgehead atoms. The summed E-state index contributed by atoms with van der Waals surface area (Å²) in [5, 5.41) is 6.26. The maximum absolute atomic E-state index is 12.0. The number of furan rings is 1. The Labute approximate surface area is 116 Å². The van der Waals surface area contributed by atoms with Crippen molar-refractivity contribution in [1.29, 1.82) is 0 Å².